The van der Waals surface area contributed by atoms with Crippen molar-refractivity contribution >= 4 is 5.78 Å². The topological polar surface area (TPSA) is 61.5 Å². The van der Waals surface area contributed by atoms with Gasteiger partial charge >= 0.3 is 0 Å². The number of allylic oxidation sites excluding steroid dienone is 1. The Morgan fingerprint density at radius 3 is 3.00 bits per heavy atom. The second-order valence-electron chi connectivity index (χ2n) is 4.07. The average Bonchev–Trinajstić information content (AvgIpc) is 2.77. The highest BCUT2D eigenvalue weighted by molar-refractivity contribution is 5.99. The van der Waals surface area contributed by atoms with Crippen LogP contribution in [0.4, 0.5) is 0 Å². The first kappa shape index (κ1) is 9.68. The highest BCUT2D eigenvalue weighted by Crippen LogP contribution is 2.32. The molecule has 0 spiro atoms. The van der Waals surface area contributed by atoms with Crippen molar-refractivity contribution in [3.63, 3.8) is 0 Å². The van der Waals surface area contributed by atoms with Crippen LogP contribution in [-0.4, -0.2) is 31.6 Å². The average molecular weight is 197 g/mol. The van der Waals surface area contributed by atoms with Gasteiger partial charge in [-0.05, 0) is 13.0 Å². The third kappa shape index (κ3) is 1.35. The van der Waals surface area contributed by atoms with Gasteiger partial charge in [-0.2, -0.15) is 0 Å². The summed E-state index contributed by atoms with van der Waals surface area (Å²) in [5.41, 5.74) is 5.25. The van der Waals surface area contributed by atoms with Crippen molar-refractivity contribution in [1.82, 2.24) is 0 Å². The monoisotopic (exact) mass is 197 g/mol. The zero-order valence-electron chi connectivity index (χ0n) is 8.29. The Bertz CT molecular complexity index is 287. The number of rotatable bonds is 2. The van der Waals surface area contributed by atoms with E-state index in [4.69, 9.17) is 15.2 Å². The SMILES string of the molecule is CC1(C(=O)C2=CCCO2)COCC1N. The lowest BCUT2D eigenvalue weighted by Gasteiger charge is -2.24. The van der Waals surface area contributed by atoms with Gasteiger partial charge in [-0.3, -0.25) is 4.79 Å². The minimum Gasteiger partial charge on any atom is -0.490 e. The Hall–Kier alpha value is -0.870. The fraction of sp³-hybridized carbons (Fsp3) is 0.700. The van der Waals surface area contributed by atoms with E-state index in [1.807, 2.05) is 13.0 Å². The molecule has 0 aliphatic carbocycles. The maximum atomic E-state index is 12.0. The number of ketones is 1. The lowest BCUT2D eigenvalue weighted by molar-refractivity contribution is -0.127. The molecule has 1 saturated heterocycles. The fourth-order valence-corrected chi connectivity index (χ4v) is 1.78. The third-order valence-corrected chi connectivity index (χ3v) is 2.97. The summed E-state index contributed by atoms with van der Waals surface area (Å²) in [7, 11) is 0. The Kier molecular flexibility index (Phi) is 2.33. The molecule has 2 rings (SSSR count). The standard InChI is InChI=1S/C10H15NO3/c1-10(6-13-5-8(10)11)9(12)7-3-2-4-14-7/h3,8H,2,4-6,11H2,1H3. The molecule has 2 unspecified atom stereocenters. The van der Waals surface area contributed by atoms with Crippen LogP contribution in [0.2, 0.25) is 0 Å². The molecule has 14 heavy (non-hydrogen) atoms. The van der Waals surface area contributed by atoms with Crippen LogP contribution in [0.3, 0.4) is 0 Å². The van der Waals surface area contributed by atoms with E-state index in [1.165, 1.54) is 0 Å². The number of Topliss-reactive ketones (excluding diaryl/α,β-unsaturated/α-hetero) is 1. The van der Waals surface area contributed by atoms with Crippen LogP contribution >= 0.6 is 0 Å². The van der Waals surface area contributed by atoms with Crippen LogP contribution in [0.15, 0.2) is 11.8 Å². The van der Waals surface area contributed by atoms with Gasteiger partial charge in [0.15, 0.2) is 5.76 Å². The lowest BCUT2D eigenvalue weighted by Crippen LogP contribution is -2.45. The summed E-state index contributed by atoms with van der Waals surface area (Å²) in [5, 5.41) is 0. The van der Waals surface area contributed by atoms with Crippen LogP contribution in [0.25, 0.3) is 0 Å². The Morgan fingerprint density at radius 2 is 2.50 bits per heavy atom. The van der Waals surface area contributed by atoms with Gasteiger partial charge < -0.3 is 15.2 Å². The molecule has 0 bridgehead atoms. The zero-order valence-corrected chi connectivity index (χ0v) is 8.29. The summed E-state index contributed by atoms with van der Waals surface area (Å²) < 4.78 is 10.5. The highest BCUT2D eigenvalue weighted by Gasteiger charge is 2.46. The molecule has 0 aromatic rings. The van der Waals surface area contributed by atoms with Crippen molar-refractivity contribution in [3.05, 3.63) is 11.8 Å². The van der Waals surface area contributed by atoms with Crippen molar-refractivity contribution in [1.29, 1.82) is 0 Å². The van der Waals surface area contributed by atoms with Crippen LogP contribution in [0.5, 0.6) is 0 Å². The van der Waals surface area contributed by atoms with E-state index in [9.17, 15) is 4.79 Å². The maximum Gasteiger partial charge on any atom is 0.206 e. The number of carbonyl (C=O) groups excluding carboxylic acids is 1. The molecular weight excluding hydrogens is 182 g/mol. The van der Waals surface area contributed by atoms with Crippen molar-refractivity contribution in [3.8, 4) is 0 Å². The predicted octanol–water partition coefficient (Wildman–Crippen LogP) is 0.224. The number of hydrogen-bond acceptors (Lipinski definition) is 4. The summed E-state index contributed by atoms with van der Waals surface area (Å²) >= 11 is 0. The number of nitrogens with two attached hydrogens (primary N) is 1. The molecular formula is C10H15NO3. The smallest absolute Gasteiger partial charge is 0.206 e. The van der Waals surface area contributed by atoms with Gasteiger partial charge in [0.2, 0.25) is 5.78 Å². The van der Waals surface area contributed by atoms with Crippen LogP contribution in [-0.2, 0) is 14.3 Å². The molecule has 0 amide bonds. The van der Waals surface area contributed by atoms with Gasteiger partial charge in [-0.15, -0.1) is 0 Å². The highest BCUT2D eigenvalue weighted by atomic mass is 16.5. The quantitative estimate of drug-likeness (QED) is 0.688. The number of hydrogen-bond donors (Lipinski definition) is 1. The molecule has 2 N–H and O–H groups in total. The normalized spacial score (nSPS) is 36.7. The third-order valence-electron chi connectivity index (χ3n) is 2.97. The van der Waals surface area contributed by atoms with Crippen molar-refractivity contribution < 1.29 is 14.3 Å². The van der Waals surface area contributed by atoms with Gasteiger partial charge in [0.05, 0.1) is 25.2 Å². The first-order valence-corrected chi connectivity index (χ1v) is 4.86. The second kappa shape index (κ2) is 3.37. The first-order chi connectivity index (χ1) is 6.64. The Labute approximate surface area is 83.1 Å². The molecule has 0 saturated carbocycles. The minimum atomic E-state index is -0.601. The first-order valence-electron chi connectivity index (χ1n) is 4.86. The molecule has 0 aromatic carbocycles. The van der Waals surface area contributed by atoms with Crippen molar-refractivity contribution in [2.45, 2.75) is 19.4 Å². The molecule has 1 fully saturated rings. The largest absolute Gasteiger partial charge is 0.490 e. The van der Waals surface area contributed by atoms with Crippen LogP contribution in [0.1, 0.15) is 13.3 Å². The van der Waals surface area contributed by atoms with Crippen molar-refractivity contribution in [2.75, 3.05) is 19.8 Å². The molecule has 4 nitrogen and oxygen atoms in total. The van der Waals surface area contributed by atoms with Gasteiger partial charge in [0, 0.05) is 12.5 Å². The van der Waals surface area contributed by atoms with Gasteiger partial charge in [-0.1, -0.05) is 0 Å². The summed E-state index contributed by atoms with van der Waals surface area (Å²) in [6.45, 7) is 3.30. The summed E-state index contributed by atoms with van der Waals surface area (Å²) in [5.74, 6) is 0.452. The number of carbonyl (C=O) groups is 1. The molecule has 2 aliphatic rings. The molecule has 2 heterocycles. The van der Waals surface area contributed by atoms with E-state index >= 15 is 0 Å². The summed E-state index contributed by atoms with van der Waals surface area (Å²) in [6, 6.07) is -0.222. The molecule has 78 valence electrons. The van der Waals surface area contributed by atoms with Crippen LogP contribution < -0.4 is 5.73 Å². The van der Waals surface area contributed by atoms with E-state index in [2.05, 4.69) is 0 Å². The molecule has 0 radical (unpaired) electrons. The van der Waals surface area contributed by atoms with Gasteiger partial charge in [-0.25, -0.2) is 0 Å². The van der Waals surface area contributed by atoms with Crippen molar-refractivity contribution in [2.24, 2.45) is 11.1 Å². The van der Waals surface area contributed by atoms with Gasteiger partial charge in [0.1, 0.15) is 0 Å². The summed E-state index contributed by atoms with van der Waals surface area (Å²) in [4.78, 5) is 12.0. The molecule has 2 atom stereocenters. The van der Waals surface area contributed by atoms with Gasteiger partial charge in [0.25, 0.3) is 0 Å². The van der Waals surface area contributed by atoms with E-state index < -0.39 is 5.41 Å². The van der Waals surface area contributed by atoms with E-state index in [-0.39, 0.29) is 11.8 Å². The zero-order chi connectivity index (χ0) is 10.2. The van der Waals surface area contributed by atoms with Crippen LogP contribution in [0, 0.1) is 5.41 Å². The predicted molar refractivity (Wildman–Crippen MR) is 50.6 cm³/mol. The minimum absolute atomic E-state index is 0.0139. The van der Waals surface area contributed by atoms with E-state index in [0.29, 0.717) is 25.6 Å². The number of ether oxygens (including phenoxy) is 2. The lowest BCUT2D eigenvalue weighted by atomic mass is 9.80. The molecule has 4 heteroatoms. The molecule has 2 aliphatic heterocycles. The van der Waals surface area contributed by atoms with E-state index in [0.717, 1.165) is 6.42 Å². The maximum absolute atomic E-state index is 12.0. The van der Waals surface area contributed by atoms with E-state index in [1.54, 1.807) is 0 Å². The Morgan fingerprint density at radius 1 is 1.71 bits per heavy atom. The molecule has 0 aromatic heterocycles. The fourth-order valence-electron chi connectivity index (χ4n) is 1.78. The second-order valence-corrected chi connectivity index (χ2v) is 4.07. The summed E-state index contributed by atoms with van der Waals surface area (Å²) in [6.07, 6.45) is 2.64. The Balaban J connectivity index is 2.17.